The second-order valence-electron chi connectivity index (χ2n) is 4.31. The van der Waals surface area contributed by atoms with Crippen LogP contribution in [0.5, 0.6) is 0 Å². The summed E-state index contributed by atoms with van der Waals surface area (Å²) in [5, 5.41) is 2.74. The molecule has 2 rings (SSSR count). The molecule has 5 heteroatoms. The van der Waals surface area contributed by atoms with Crippen LogP contribution in [0, 0.1) is 13.8 Å². The van der Waals surface area contributed by atoms with Gasteiger partial charge in [-0.25, -0.2) is 4.98 Å². The van der Waals surface area contributed by atoms with Crippen LogP contribution < -0.4 is 11.1 Å². The second-order valence-corrected chi connectivity index (χ2v) is 5.16. The number of nitrogens with one attached hydrogen (secondary N) is 1. The Morgan fingerprint density at radius 3 is 2.68 bits per heavy atom. The lowest BCUT2D eigenvalue weighted by molar-refractivity contribution is 0.102. The molecule has 4 nitrogen and oxygen atoms in total. The van der Waals surface area contributed by atoms with Crippen LogP contribution in [0.3, 0.4) is 0 Å². The molecule has 0 atom stereocenters. The molecule has 1 amide bonds. The molecule has 0 unspecified atom stereocenters. The van der Waals surface area contributed by atoms with Crippen molar-refractivity contribution in [3.8, 4) is 0 Å². The van der Waals surface area contributed by atoms with Crippen LogP contribution in [-0.4, -0.2) is 10.9 Å². The standard InChI is InChI=1S/C14H14BrN3O/c1-8-3-5-12(16)10(7-8)14(19)18-13-6-4-11(15)9(2)17-13/h3-7H,16H2,1-2H3,(H,17,18,19). The average molecular weight is 320 g/mol. The van der Waals surface area contributed by atoms with Gasteiger partial charge in [-0.15, -0.1) is 0 Å². The Morgan fingerprint density at radius 2 is 2.00 bits per heavy atom. The number of hydrogen-bond donors (Lipinski definition) is 2. The number of aromatic nitrogens is 1. The van der Waals surface area contributed by atoms with Gasteiger partial charge in [0.1, 0.15) is 5.82 Å². The van der Waals surface area contributed by atoms with E-state index in [9.17, 15) is 4.79 Å². The van der Waals surface area contributed by atoms with Crippen LogP contribution in [-0.2, 0) is 0 Å². The van der Waals surface area contributed by atoms with E-state index in [1.165, 1.54) is 0 Å². The second kappa shape index (κ2) is 5.40. The Labute approximate surface area is 120 Å². The van der Waals surface area contributed by atoms with E-state index >= 15 is 0 Å². The summed E-state index contributed by atoms with van der Waals surface area (Å²) in [4.78, 5) is 16.4. The lowest BCUT2D eigenvalue weighted by atomic mass is 10.1. The number of nitrogens with two attached hydrogens (primary N) is 1. The largest absolute Gasteiger partial charge is 0.398 e. The van der Waals surface area contributed by atoms with Gasteiger partial charge in [-0.2, -0.15) is 0 Å². The molecule has 0 saturated heterocycles. The van der Waals surface area contributed by atoms with Crippen LogP contribution >= 0.6 is 15.9 Å². The molecule has 0 aliphatic heterocycles. The van der Waals surface area contributed by atoms with E-state index in [0.717, 1.165) is 15.7 Å². The van der Waals surface area contributed by atoms with Crippen LogP contribution in [0.4, 0.5) is 11.5 Å². The molecule has 0 spiro atoms. The Bertz CT molecular complexity index is 641. The summed E-state index contributed by atoms with van der Waals surface area (Å²) in [5.41, 5.74) is 8.53. The van der Waals surface area contributed by atoms with Crippen molar-refractivity contribution in [1.82, 2.24) is 4.98 Å². The van der Waals surface area contributed by atoms with Gasteiger partial charge in [0, 0.05) is 10.2 Å². The van der Waals surface area contributed by atoms with Crippen LogP contribution in [0.15, 0.2) is 34.8 Å². The van der Waals surface area contributed by atoms with E-state index in [1.807, 2.05) is 26.0 Å². The molecule has 2 aromatic rings. The normalized spacial score (nSPS) is 10.3. The predicted molar refractivity (Wildman–Crippen MR) is 80.2 cm³/mol. The third kappa shape index (κ3) is 3.12. The van der Waals surface area contributed by atoms with Gasteiger partial charge in [0.2, 0.25) is 0 Å². The molecular weight excluding hydrogens is 306 g/mol. The monoisotopic (exact) mass is 319 g/mol. The fourth-order valence-electron chi connectivity index (χ4n) is 1.66. The number of nitrogen functional groups attached to an aromatic ring is 1. The first-order chi connectivity index (χ1) is 8.97. The van der Waals surface area contributed by atoms with E-state index in [-0.39, 0.29) is 5.91 Å². The number of anilines is 2. The maximum Gasteiger partial charge on any atom is 0.258 e. The van der Waals surface area contributed by atoms with Gasteiger partial charge in [0.05, 0.1) is 11.3 Å². The third-order valence-corrected chi connectivity index (χ3v) is 3.55. The number of benzene rings is 1. The third-order valence-electron chi connectivity index (χ3n) is 2.72. The number of nitrogens with zero attached hydrogens (tertiary/aromatic N) is 1. The van der Waals surface area contributed by atoms with Crippen molar-refractivity contribution in [2.75, 3.05) is 11.1 Å². The number of carbonyl (C=O) groups excluding carboxylic acids is 1. The lowest BCUT2D eigenvalue weighted by Gasteiger charge is -2.08. The van der Waals surface area contributed by atoms with Gasteiger partial charge in [0.25, 0.3) is 5.91 Å². The fraction of sp³-hybridized carbons (Fsp3) is 0.143. The summed E-state index contributed by atoms with van der Waals surface area (Å²) in [5.74, 6) is 0.252. The summed E-state index contributed by atoms with van der Waals surface area (Å²) < 4.78 is 0.903. The van der Waals surface area contributed by atoms with Crippen molar-refractivity contribution in [3.63, 3.8) is 0 Å². The Kier molecular flexibility index (Phi) is 3.85. The zero-order valence-corrected chi connectivity index (χ0v) is 12.3. The van der Waals surface area contributed by atoms with Gasteiger partial charge < -0.3 is 11.1 Å². The molecule has 1 aromatic carbocycles. The number of halogens is 1. The number of pyridine rings is 1. The van der Waals surface area contributed by atoms with Gasteiger partial charge in [-0.1, -0.05) is 11.6 Å². The maximum atomic E-state index is 12.1. The lowest BCUT2D eigenvalue weighted by Crippen LogP contribution is -2.15. The van der Waals surface area contributed by atoms with E-state index in [0.29, 0.717) is 17.1 Å². The number of aryl methyl sites for hydroxylation is 2. The first-order valence-corrected chi connectivity index (χ1v) is 6.57. The van der Waals surface area contributed by atoms with Crippen LogP contribution in [0.25, 0.3) is 0 Å². The highest BCUT2D eigenvalue weighted by atomic mass is 79.9. The van der Waals surface area contributed by atoms with Crippen molar-refractivity contribution in [2.45, 2.75) is 13.8 Å². The molecule has 1 aromatic heterocycles. The van der Waals surface area contributed by atoms with Gasteiger partial charge >= 0.3 is 0 Å². The average Bonchev–Trinajstić information content (AvgIpc) is 2.36. The quantitative estimate of drug-likeness (QED) is 0.834. The molecular formula is C14H14BrN3O. The summed E-state index contributed by atoms with van der Waals surface area (Å²) in [6, 6.07) is 8.94. The molecule has 0 bridgehead atoms. The zero-order valence-electron chi connectivity index (χ0n) is 10.7. The predicted octanol–water partition coefficient (Wildman–Crippen LogP) is 3.30. The first-order valence-electron chi connectivity index (χ1n) is 5.78. The van der Waals surface area contributed by atoms with Gasteiger partial charge in [-0.05, 0) is 54.0 Å². The van der Waals surface area contributed by atoms with E-state index in [4.69, 9.17) is 5.73 Å². The zero-order chi connectivity index (χ0) is 14.0. The minimum atomic E-state index is -0.254. The molecule has 98 valence electrons. The topological polar surface area (TPSA) is 68.0 Å². The highest BCUT2D eigenvalue weighted by Crippen LogP contribution is 2.18. The maximum absolute atomic E-state index is 12.1. The van der Waals surface area contributed by atoms with Crippen LogP contribution in [0.1, 0.15) is 21.6 Å². The Balaban J connectivity index is 2.25. The highest BCUT2D eigenvalue weighted by molar-refractivity contribution is 9.10. The number of carbonyl (C=O) groups is 1. The fourth-order valence-corrected chi connectivity index (χ4v) is 1.88. The Morgan fingerprint density at radius 1 is 1.26 bits per heavy atom. The molecule has 1 heterocycles. The summed E-state index contributed by atoms with van der Waals surface area (Å²) in [6.07, 6.45) is 0. The summed E-state index contributed by atoms with van der Waals surface area (Å²) >= 11 is 3.37. The number of amides is 1. The summed E-state index contributed by atoms with van der Waals surface area (Å²) in [6.45, 7) is 3.78. The van der Waals surface area contributed by atoms with Gasteiger partial charge in [-0.3, -0.25) is 4.79 Å². The molecule has 0 fully saturated rings. The number of rotatable bonds is 2. The SMILES string of the molecule is Cc1ccc(N)c(C(=O)Nc2ccc(Br)c(C)n2)c1. The minimum absolute atomic E-state index is 0.254. The van der Waals surface area contributed by atoms with Crippen molar-refractivity contribution in [1.29, 1.82) is 0 Å². The molecule has 0 aliphatic rings. The van der Waals surface area contributed by atoms with Gasteiger partial charge in [0.15, 0.2) is 0 Å². The highest BCUT2D eigenvalue weighted by Gasteiger charge is 2.11. The van der Waals surface area contributed by atoms with Crippen molar-refractivity contribution in [2.24, 2.45) is 0 Å². The Hall–Kier alpha value is -1.88. The molecule has 0 saturated carbocycles. The van der Waals surface area contributed by atoms with Crippen molar-refractivity contribution in [3.05, 3.63) is 51.6 Å². The van der Waals surface area contributed by atoms with Crippen molar-refractivity contribution >= 4 is 33.3 Å². The molecule has 19 heavy (non-hydrogen) atoms. The molecule has 0 aliphatic carbocycles. The number of hydrogen-bond acceptors (Lipinski definition) is 3. The van der Waals surface area contributed by atoms with Crippen molar-refractivity contribution < 1.29 is 4.79 Å². The van der Waals surface area contributed by atoms with E-state index < -0.39 is 0 Å². The minimum Gasteiger partial charge on any atom is -0.398 e. The van der Waals surface area contributed by atoms with E-state index in [2.05, 4.69) is 26.2 Å². The van der Waals surface area contributed by atoms with E-state index in [1.54, 1.807) is 18.2 Å². The molecule has 0 radical (unpaired) electrons. The summed E-state index contributed by atoms with van der Waals surface area (Å²) in [7, 11) is 0. The molecule has 3 N–H and O–H groups in total. The smallest absolute Gasteiger partial charge is 0.258 e. The van der Waals surface area contributed by atoms with Crippen LogP contribution in [0.2, 0.25) is 0 Å². The first kappa shape index (κ1) is 13.5.